The first kappa shape index (κ1) is 16.5. The van der Waals surface area contributed by atoms with E-state index in [-0.39, 0.29) is 18.2 Å². The van der Waals surface area contributed by atoms with Crippen molar-refractivity contribution in [2.45, 2.75) is 26.2 Å². The summed E-state index contributed by atoms with van der Waals surface area (Å²) in [6.07, 6.45) is 1.51. The number of ether oxygens (including phenoxy) is 1. The molecule has 1 fully saturated rings. The maximum absolute atomic E-state index is 13.0. The summed E-state index contributed by atoms with van der Waals surface area (Å²) in [5.41, 5.74) is 2.15. The van der Waals surface area contributed by atoms with E-state index in [1.54, 1.807) is 17.7 Å². The summed E-state index contributed by atoms with van der Waals surface area (Å²) in [5, 5.41) is 13.3. The molecule has 1 aromatic heterocycles. The molecule has 1 aromatic carbocycles. The van der Waals surface area contributed by atoms with Crippen molar-refractivity contribution in [3.63, 3.8) is 0 Å². The highest BCUT2D eigenvalue weighted by molar-refractivity contribution is 5.98. The van der Waals surface area contributed by atoms with Gasteiger partial charge in [-0.05, 0) is 56.6 Å². The average Bonchev–Trinajstić information content (AvgIpc) is 2.86. The van der Waals surface area contributed by atoms with Gasteiger partial charge < -0.3 is 15.2 Å². The standard InChI is InChI=1S/C18H22N2O4/c1-11-14(10-17(21)22)15-9-13(24-2)3-4-16(15)20(11)18(23)12-5-7-19-8-6-12/h3-4,9,12,19H,5-8,10H2,1-2H3,(H,21,22). The minimum absolute atomic E-state index is 0.0275. The third kappa shape index (κ3) is 2.89. The third-order valence-electron chi connectivity index (χ3n) is 4.78. The van der Waals surface area contributed by atoms with Gasteiger partial charge in [0.25, 0.3) is 0 Å². The van der Waals surface area contributed by atoms with Crippen LogP contribution < -0.4 is 10.1 Å². The molecule has 0 atom stereocenters. The number of carbonyl (C=O) groups is 2. The first-order valence-electron chi connectivity index (χ1n) is 8.17. The molecule has 0 radical (unpaired) electrons. The van der Waals surface area contributed by atoms with Crippen LogP contribution in [-0.2, 0) is 11.2 Å². The van der Waals surface area contributed by atoms with Gasteiger partial charge in [0.1, 0.15) is 5.75 Å². The molecule has 2 aromatic rings. The van der Waals surface area contributed by atoms with E-state index in [4.69, 9.17) is 4.74 Å². The van der Waals surface area contributed by atoms with Crippen molar-refractivity contribution < 1.29 is 19.4 Å². The molecule has 3 rings (SSSR count). The number of carboxylic acids is 1. The smallest absolute Gasteiger partial charge is 0.307 e. The Hall–Kier alpha value is -2.34. The monoisotopic (exact) mass is 330 g/mol. The number of carbonyl (C=O) groups excluding carboxylic acids is 1. The Morgan fingerprint density at radius 2 is 2.04 bits per heavy atom. The molecule has 0 spiro atoms. The largest absolute Gasteiger partial charge is 0.497 e. The molecule has 2 heterocycles. The van der Waals surface area contributed by atoms with Gasteiger partial charge in [0.05, 0.1) is 19.0 Å². The average molecular weight is 330 g/mol. The van der Waals surface area contributed by atoms with Gasteiger partial charge in [-0.2, -0.15) is 0 Å². The fourth-order valence-corrected chi connectivity index (χ4v) is 3.50. The summed E-state index contributed by atoms with van der Waals surface area (Å²) in [6, 6.07) is 5.46. The van der Waals surface area contributed by atoms with E-state index in [0.717, 1.165) is 36.8 Å². The topological polar surface area (TPSA) is 80.6 Å². The highest BCUT2D eigenvalue weighted by Crippen LogP contribution is 2.31. The lowest BCUT2D eigenvalue weighted by atomic mass is 9.97. The Kier molecular flexibility index (Phi) is 4.57. The SMILES string of the molecule is COc1ccc2c(c1)c(CC(=O)O)c(C)n2C(=O)C1CCNCC1. The quantitative estimate of drug-likeness (QED) is 0.898. The molecule has 1 saturated heterocycles. The zero-order chi connectivity index (χ0) is 17.3. The maximum atomic E-state index is 13.0. The molecule has 2 N–H and O–H groups in total. The summed E-state index contributed by atoms with van der Waals surface area (Å²) in [4.78, 5) is 24.3. The second-order valence-electron chi connectivity index (χ2n) is 6.22. The molecule has 1 aliphatic heterocycles. The highest BCUT2D eigenvalue weighted by Gasteiger charge is 2.27. The molecule has 128 valence electrons. The number of carboxylic acid groups (broad SMARTS) is 1. The predicted octanol–water partition coefficient (Wildman–Crippen LogP) is 2.23. The Balaban J connectivity index is 2.14. The Labute approximate surface area is 140 Å². The van der Waals surface area contributed by atoms with Crippen molar-refractivity contribution in [2.24, 2.45) is 5.92 Å². The van der Waals surface area contributed by atoms with Gasteiger partial charge >= 0.3 is 5.97 Å². The third-order valence-corrected chi connectivity index (χ3v) is 4.78. The maximum Gasteiger partial charge on any atom is 0.307 e. The first-order chi connectivity index (χ1) is 11.5. The number of nitrogens with zero attached hydrogens (tertiary/aromatic N) is 1. The van der Waals surface area contributed by atoms with Gasteiger partial charge in [-0.15, -0.1) is 0 Å². The van der Waals surface area contributed by atoms with Crippen molar-refractivity contribution >= 4 is 22.8 Å². The first-order valence-corrected chi connectivity index (χ1v) is 8.17. The van der Waals surface area contributed by atoms with E-state index >= 15 is 0 Å². The van der Waals surface area contributed by atoms with E-state index in [0.29, 0.717) is 17.0 Å². The van der Waals surface area contributed by atoms with Crippen molar-refractivity contribution in [1.29, 1.82) is 0 Å². The lowest BCUT2D eigenvalue weighted by Gasteiger charge is -2.22. The Morgan fingerprint density at radius 1 is 1.33 bits per heavy atom. The molecule has 6 heteroatoms. The Morgan fingerprint density at radius 3 is 2.67 bits per heavy atom. The summed E-state index contributed by atoms with van der Waals surface area (Å²) in [5.74, 6) is -0.226. The minimum Gasteiger partial charge on any atom is -0.497 e. The number of fused-ring (bicyclic) bond motifs is 1. The number of rotatable bonds is 4. The van der Waals surface area contributed by atoms with Gasteiger partial charge in [-0.25, -0.2) is 0 Å². The molecular weight excluding hydrogens is 308 g/mol. The molecule has 0 aliphatic carbocycles. The van der Waals surface area contributed by atoms with E-state index < -0.39 is 5.97 Å². The molecule has 0 saturated carbocycles. The number of hydrogen-bond donors (Lipinski definition) is 2. The van der Waals surface area contributed by atoms with Crippen LogP contribution in [0.5, 0.6) is 5.75 Å². The molecule has 0 bridgehead atoms. The van der Waals surface area contributed by atoms with E-state index in [1.165, 1.54) is 0 Å². The fourth-order valence-electron chi connectivity index (χ4n) is 3.50. The van der Waals surface area contributed by atoms with Crippen LogP contribution in [0.4, 0.5) is 0 Å². The van der Waals surface area contributed by atoms with Crippen LogP contribution >= 0.6 is 0 Å². The number of hydrogen-bond acceptors (Lipinski definition) is 4. The number of aromatic nitrogens is 1. The van der Waals surface area contributed by atoms with Crippen LogP contribution in [0, 0.1) is 12.8 Å². The summed E-state index contributed by atoms with van der Waals surface area (Å²) in [6.45, 7) is 3.50. The minimum atomic E-state index is -0.908. The number of benzene rings is 1. The predicted molar refractivity (Wildman–Crippen MR) is 90.8 cm³/mol. The van der Waals surface area contributed by atoms with E-state index in [9.17, 15) is 14.7 Å². The molecule has 1 aliphatic rings. The van der Waals surface area contributed by atoms with Crippen LogP contribution in [0.3, 0.4) is 0 Å². The van der Waals surface area contributed by atoms with Crippen LogP contribution in [0.2, 0.25) is 0 Å². The summed E-state index contributed by atoms with van der Waals surface area (Å²) >= 11 is 0. The van der Waals surface area contributed by atoms with Crippen molar-refractivity contribution in [3.8, 4) is 5.75 Å². The van der Waals surface area contributed by atoms with Crippen LogP contribution in [0.25, 0.3) is 10.9 Å². The molecule has 0 amide bonds. The highest BCUT2D eigenvalue weighted by atomic mass is 16.5. The second-order valence-corrected chi connectivity index (χ2v) is 6.22. The van der Waals surface area contributed by atoms with E-state index in [2.05, 4.69) is 5.32 Å². The van der Waals surface area contributed by atoms with Gasteiger partial charge in [0, 0.05) is 17.0 Å². The van der Waals surface area contributed by atoms with Crippen LogP contribution in [-0.4, -0.2) is 41.7 Å². The molecular formula is C18H22N2O4. The molecule has 6 nitrogen and oxygen atoms in total. The zero-order valence-corrected chi connectivity index (χ0v) is 14.0. The number of piperidine rings is 1. The lowest BCUT2D eigenvalue weighted by Crippen LogP contribution is -2.34. The molecule has 0 unspecified atom stereocenters. The zero-order valence-electron chi connectivity index (χ0n) is 14.0. The second kappa shape index (κ2) is 6.65. The van der Waals surface area contributed by atoms with Crippen LogP contribution in [0.15, 0.2) is 18.2 Å². The van der Waals surface area contributed by atoms with Crippen LogP contribution in [0.1, 0.15) is 28.9 Å². The van der Waals surface area contributed by atoms with Gasteiger partial charge in [-0.1, -0.05) is 0 Å². The van der Waals surface area contributed by atoms with Gasteiger partial charge in [-0.3, -0.25) is 14.2 Å². The Bertz CT molecular complexity index is 788. The normalized spacial score (nSPS) is 15.6. The van der Waals surface area contributed by atoms with Crippen molar-refractivity contribution in [3.05, 3.63) is 29.5 Å². The van der Waals surface area contributed by atoms with E-state index in [1.807, 2.05) is 19.1 Å². The van der Waals surface area contributed by atoms with Gasteiger partial charge in [0.15, 0.2) is 0 Å². The van der Waals surface area contributed by atoms with Crippen molar-refractivity contribution in [1.82, 2.24) is 9.88 Å². The molecule has 24 heavy (non-hydrogen) atoms. The fraction of sp³-hybridized carbons (Fsp3) is 0.444. The number of aliphatic carboxylic acids is 1. The lowest BCUT2D eigenvalue weighted by molar-refractivity contribution is -0.136. The van der Waals surface area contributed by atoms with Gasteiger partial charge in [0.2, 0.25) is 5.91 Å². The summed E-state index contributed by atoms with van der Waals surface area (Å²) in [7, 11) is 1.57. The summed E-state index contributed by atoms with van der Waals surface area (Å²) < 4.78 is 6.96. The van der Waals surface area contributed by atoms with Crippen molar-refractivity contribution in [2.75, 3.05) is 20.2 Å². The number of methoxy groups -OCH3 is 1. The number of nitrogens with one attached hydrogen (secondary N) is 1.